The van der Waals surface area contributed by atoms with Crippen molar-refractivity contribution in [3.63, 3.8) is 0 Å². The normalized spacial score (nSPS) is 33.7. The van der Waals surface area contributed by atoms with Gasteiger partial charge in [0.1, 0.15) is 42.4 Å². The van der Waals surface area contributed by atoms with Crippen LogP contribution < -0.4 is 20.3 Å². The predicted molar refractivity (Wildman–Crippen MR) is 354 cm³/mol. The van der Waals surface area contributed by atoms with Crippen LogP contribution in [0.1, 0.15) is 111 Å². The maximum atomic E-state index is 14.4. The van der Waals surface area contributed by atoms with Crippen LogP contribution in [0.25, 0.3) is 0 Å². The average Bonchev–Trinajstić information content (AvgIpc) is 0.760. The molecule has 1 aromatic rings. The maximum Gasteiger partial charge on any atom is 0.411 e. The second kappa shape index (κ2) is 33.2. The second-order valence-corrected chi connectivity index (χ2v) is 30.3. The van der Waals surface area contributed by atoms with Crippen molar-refractivity contribution in [1.82, 2.24) is 15.7 Å². The molecule has 7 rings (SSSR count). The minimum Gasteiger partial charge on any atom is -0.502 e. The fourth-order valence-electron chi connectivity index (χ4n) is 11.6. The third kappa shape index (κ3) is 18.0. The number of hydrogen-bond donors (Lipinski definition) is 8. The van der Waals surface area contributed by atoms with Gasteiger partial charge in [-0.3, -0.25) is 29.3 Å². The monoisotopic (exact) mass is 1490 g/mol. The van der Waals surface area contributed by atoms with Crippen LogP contribution in [0.5, 0.6) is 17.2 Å². The number of nitrogens with one attached hydrogen (secondary N) is 2. The number of Topliss-reactive ketones (excluding diaryl/α,β-unsaturated/α-hetero) is 2. The molecule has 2 aliphatic carbocycles. The van der Waals surface area contributed by atoms with Crippen molar-refractivity contribution >= 4 is 84.6 Å². The van der Waals surface area contributed by atoms with Gasteiger partial charge in [0.25, 0.3) is 0 Å². The van der Waals surface area contributed by atoms with Crippen LogP contribution in [0.2, 0.25) is 0 Å². The van der Waals surface area contributed by atoms with Gasteiger partial charge in [-0.15, -0.1) is 0 Å². The molecule has 8 N–H and O–H groups in total. The first-order valence-corrected chi connectivity index (χ1v) is 34.9. The molecule has 0 radical (unpaired) electrons. The van der Waals surface area contributed by atoms with E-state index in [9.17, 15) is 54.6 Å². The number of phenols is 1. The molecular formula is C64H88IN3O23S3. The summed E-state index contributed by atoms with van der Waals surface area (Å²) in [6.07, 6.45) is -15.5. The van der Waals surface area contributed by atoms with Crippen LogP contribution in [-0.2, 0) is 61.9 Å². The zero-order chi connectivity index (χ0) is 69.5. The number of thioether (sulfide) groups is 1. The van der Waals surface area contributed by atoms with Gasteiger partial charge in [0.05, 0.1) is 89.9 Å². The maximum absolute atomic E-state index is 14.4. The van der Waals surface area contributed by atoms with Gasteiger partial charge in [-0.05, 0) is 88.8 Å². The van der Waals surface area contributed by atoms with E-state index in [2.05, 4.69) is 34.5 Å². The van der Waals surface area contributed by atoms with Crippen molar-refractivity contribution in [2.24, 2.45) is 5.41 Å². The minimum atomic E-state index is -2.17. The number of alkyl carbamates (subject to hydrolysis) is 1. The molecule has 2 bridgehead atoms. The molecule has 1 aromatic carbocycles. The lowest BCUT2D eigenvalue weighted by molar-refractivity contribution is -0.337. The molecule has 0 spiro atoms. The number of hydroxylamine groups is 1. The number of benzene rings is 1. The highest BCUT2D eigenvalue weighted by molar-refractivity contribution is 14.1. The van der Waals surface area contributed by atoms with Gasteiger partial charge in [0.15, 0.2) is 41.8 Å². The Labute approximate surface area is 573 Å². The second-order valence-electron chi connectivity index (χ2n) is 25.1. The zero-order valence-corrected chi connectivity index (χ0v) is 59.9. The third-order valence-electron chi connectivity index (χ3n) is 16.8. The number of allylic oxidation sites excluding steroid dienone is 3. The molecule has 94 heavy (non-hydrogen) atoms. The molecule has 2 amide bonds. The molecule has 30 heteroatoms. The Kier molecular flexibility index (Phi) is 27.3. The lowest BCUT2D eigenvalue weighted by Crippen LogP contribution is -2.65. The molecule has 4 saturated heterocycles. The van der Waals surface area contributed by atoms with E-state index in [0.717, 1.165) is 18.9 Å². The fourth-order valence-corrected chi connectivity index (χ4v) is 15.8. The number of phenolic OH excluding ortho intramolecular Hbond substituents is 1. The van der Waals surface area contributed by atoms with Crippen LogP contribution in [-0.4, -0.2) is 232 Å². The molecule has 522 valence electrons. The molecule has 17 unspecified atom stereocenters. The Hall–Kier alpha value is -4.11. The number of carbonyl (C=O) groups excluding carboxylic acids is 5. The third-order valence-corrected chi connectivity index (χ3v) is 22.6. The van der Waals surface area contributed by atoms with E-state index >= 15 is 0 Å². The quantitative estimate of drug-likeness (QED) is 0.0243. The number of halogens is 1. The van der Waals surface area contributed by atoms with Gasteiger partial charge in [-0.25, -0.2) is 4.79 Å². The first-order valence-electron chi connectivity index (χ1n) is 30.6. The molecule has 4 fully saturated rings. The standard InChI is InChI=1S/C64H88IN3O23S3/c1-16-68(34(6)69)36-29-84-42(26-40(36)80-12)89-56-50(74)47(67-91-43-25-37(70)57(33(5)85-43)93-58(77)44-30(2)46(65)54(51(75)53(44)81-13)90-59-52(76)55(82-14)49(73)32(4)87-59)31(3)86-60(56)88-39-21-19-17-18-20-23-64(79)27-38(71)48(66-61(78)83-15)45(39)35(64)22-24-92-94-63(10,11)28-41(72)62(7,8)9/h17-18,22,31-33,36-37,39-40,42-43,47,49-50,52,55-57,59-60,67,70,73-76,79H,16,24-29H2,1-15H3,(H,66,78)/b18-17-,35-22+/t31?,32?,33?,36?,37?,39-,40?,42?,43?,47?,49?,50?,52?,55?,56?,57?,59?,60?,64-/m0/s1. The summed E-state index contributed by atoms with van der Waals surface area (Å²) in [6, 6.07) is -1.69. The highest BCUT2D eigenvalue weighted by Crippen LogP contribution is 2.49. The lowest BCUT2D eigenvalue weighted by atomic mass is 9.75. The Morgan fingerprint density at radius 2 is 1.57 bits per heavy atom. The van der Waals surface area contributed by atoms with Gasteiger partial charge >= 0.3 is 6.09 Å². The summed E-state index contributed by atoms with van der Waals surface area (Å²) in [4.78, 5) is 75.5. The summed E-state index contributed by atoms with van der Waals surface area (Å²) >= 11 is 2.63. The summed E-state index contributed by atoms with van der Waals surface area (Å²) in [5, 5.41) is 71.1. The topological polar surface area (TPSA) is 345 Å². The summed E-state index contributed by atoms with van der Waals surface area (Å²) in [7, 11) is 8.00. The summed E-state index contributed by atoms with van der Waals surface area (Å²) in [5.74, 6) is 9.81. The first kappa shape index (κ1) is 77.2. The molecule has 4 heterocycles. The number of carbonyl (C=O) groups is 5. The molecule has 26 nitrogen and oxygen atoms in total. The molecule has 6 aliphatic rings. The number of likely N-dealkylation sites (N-methyl/N-ethyl adjacent to an activating group) is 1. The molecule has 19 atom stereocenters. The number of fused-ring (bicyclic) bond motifs is 2. The number of aromatic hydroxyl groups is 1. The highest BCUT2D eigenvalue weighted by Gasteiger charge is 2.52. The predicted octanol–water partition coefficient (Wildman–Crippen LogP) is 4.66. The summed E-state index contributed by atoms with van der Waals surface area (Å²) in [5.41, 5.74) is 0.0701. The molecule has 0 aromatic heterocycles. The number of ketones is 2. The lowest BCUT2D eigenvalue weighted by Gasteiger charge is -2.47. The first-order chi connectivity index (χ1) is 44.2. The van der Waals surface area contributed by atoms with Crippen molar-refractivity contribution in [1.29, 1.82) is 0 Å². The van der Waals surface area contributed by atoms with Gasteiger partial charge in [0, 0.05) is 74.0 Å². The number of aliphatic hydroxyl groups is 5. The Morgan fingerprint density at radius 3 is 2.20 bits per heavy atom. The van der Waals surface area contributed by atoms with Crippen LogP contribution >= 0.6 is 55.9 Å². The van der Waals surface area contributed by atoms with Crippen LogP contribution in [0.3, 0.4) is 0 Å². The van der Waals surface area contributed by atoms with Gasteiger partial charge in [0.2, 0.25) is 23.1 Å². The minimum absolute atomic E-state index is 0.0328. The van der Waals surface area contributed by atoms with Gasteiger partial charge in [-0.2, -0.15) is 5.48 Å². The number of nitrogens with zero attached hydrogens (tertiary/aromatic N) is 1. The van der Waals surface area contributed by atoms with Crippen molar-refractivity contribution in [3.05, 3.63) is 49.8 Å². The van der Waals surface area contributed by atoms with Gasteiger partial charge in [-0.1, -0.05) is 83.9 Å². The van der Waals surface area contributed by atoms with E-state index in [-0.39, 0.29) is 80.8 Å². The Morgan fingerprint density at radius 1 is 0.883 bits per heavy atom. The number of hydrogen-bond acceptors (Lipinski definition) is 27. The number of ether oxygens (including phenoxy) is 11. The zero-order valence-electron chi connectivity index (χ0n) is 55.2. The summed E-state index contributed by atoms with van der Waals surface area (Å²) < 4.78 is 65.9. The Balaban J connectivity index is 1.15. The van der Waals surface area contributed by atoms with Crippen molar-refractivity contribution < 1.29 is 112 Å². The van der Waals surface area contributed by atoms with Crippen molar-refractivity contribution in [3.8, 4) is 40.9 Å². The summed E-state index contributed by atoms with van der Waals surface area (Å²) in [6.45, 7) is 19.5. The van der Waals surface area contributed by atoms with Crippen LogP contribution in [0, 0.1) is 39.6 Å². The number of aliphatic hydroxyl groups excluding tert-OH is 4. The molecule has 0 saturated carbocycles. The number of amides is 2. The van der Waals surface area contributed by atoms with E-state index < -0.39 is 155 Å². The van der Waals surface area contributed by atoms with E-state index in [1.165, 1.54) is 62.0 Å². The fraction of sp³-hybridized carbons (Fsp3) is 0.672. The number of methoxy groups -OCH3 is 4. The van der Waals surface area contributed by atoms with E-state index in [4.69, 9.17) is 56.9 Å². The van der Waals surface area contributed by atoms with Crippen molar-refractivity contribution in [2.45, 2.75) is 222 Å². The van der Waals surface area contributed by atoms with Gasteiger partial charge < -0.3 is 87.6 Å². The molecular weight excluding hydrogens is 1400 g/mol. The van der Waals surface area contributed by atoms with Crippen molar-refractivity contribution in [2.75, 3.05) is 47.3 Å². The Bertz CT molecular complexity index is 3150. The van der Waals surface area contributed by atoms with E-state index in [1.54, 1.807) is 38.7 Å². The van der Waals surface area contributed by atoms with E-state index in [1.807, 2.05) is 64.1 Å². The highest BCUT2D eigenvalue weighted by atomic mass is 127. The largest absolute Gasteiger partial charge is 0.502 e. The number of rotatable bonds is 23. The van der Waals surface area contributed by atoms with E-state index in [0.29, 0.717) is 12.1 Å². The average molecular weight is 1490 g/mol. The SMILES string of the molecule is CCN(C(C)=O)C1COC(OC2C(O[C@H]3C#C/C=C\C#C[C@]4(O)CC(=O)C(NC(=O)OC)=C3/C4=C\CSSC(C)(C)CC(=O)C(C)(C)C)OC(C)C(NOC3CC(O)C(SC(=O)c4c(C)c(I)c(OC5OC(C)C(O)C(OC)C5O)c(O)c4OC)C(C)O3)C2O)CC1OC. The van der Waals surface area contributed by atoms with Crippen LogP contribution in [0.4, 0.5) is 4.79 Å². The van der Waals surface area contributed by atoms with Crippen LogP contribution in [0.15, 0.2) is 35.1 Å². The molecule has 4 aliphatic heterocycles. The smallest absolute Gasteiger partial charge is 0.411 e.